The van der Waals surface area contributed by atoms with E-state index in [0.717, 1.165) is 0 Å². The van der Waals surface area contributed by atoms with E-state index in [9.17, 15) is 0 Å². The molecule has 0 aliphatic carbocycles. The van der Waals surface area contributed by atoms with Crippen LogP contribution in [0.15, 0.2) is 16.5 Å². The topological polar surface area (TPSA) is 31.6 Å². The van der Waals surface area contributed by atoms with E-state index in [0.29, 0.717) is 19.0 Å². The van der Waals surface area contributed by atoms with E-state index < -0.39 is 0 Å². The normalized spacial score (nSPS) is 20.0. The summed E-state index contributed by atoms with van der Waals surface area (Å²) in [5, 5.41) is 0. The number of ether oxygens (including phenoxy) is 2. The van der Waals surface area contributed by atoms with E-state index in [1.807, 2.05) is 0 Å². The summed E-state index contributed by atoms with van der Waals surface area (Å²) in [5.41, 5.74) is 0. The zero-order valence-electron chi connectivity index (χ0n) is 5.37. The van der Waals surface area contributed by atoms with Crippen molar-refractivity contribution in [2.24, 2.45) is 0 Å². The first-order valence-corrected chi connectivity index (χ1v) is 3.16. The highest BCUT2D eigenvalue weighted by Gasteiger charge is 2.20. The lowest BCUT2D eigenvalue weighted by Gasteiger charge is -2.02. The van der Waals surface area contributed by atoms with Gasteiger partial charge in [0.25, 0.3) is 0 Å². The van der Waals surface area contributed by atoms with Crippen LogP contribution in [0.5, 0.6) is 0 Å². The van der Waals surface area contributed by atoms with E-state index in [2.05, 4.69) is 6.26 Å². The summed E-state index contributed by atoms with van der Waals surface area (Å²) in [4.78, 5) is 0. The molecule has 1 aromatic rings. The van der Waals surface area contributed by atoms with Gasteiger partial charge in [0.05, 0.1) is 13.2 Å². The van der Waals surface area contributed by atoms with Gasteiger partial charge in [-0.1, -0.05) is 0 Å². The molecule has 1 saturated heterocycles. The van der Waals surface area contributed by atoms with Crippen molar-refractivity contribution in [1.82, 2.24) is 0 Å². The molecule has 53 valence electrons. The van der Waals surface area contributed by atoms with Gasteiger partial charge < -0.3 is 13.9 Å². The zero-order chi connectivity index (χ0) is 6.81. The van der Waals surface area contributed by atoms with E-state index in [1.165, 1.54) is 0 Å². The second-order valence-corrected chi connectivity index (χ2v) is 2.03. The van der Waals surface area contributed by atoms with E-state index >= 15 is 0 Å². The predicted octanol–water partition coefficient (Wildman–Crippen LogP) is 1.13. The lowest BCUT2D eigenvalue weighted by atomic mass is 10.4. The average Bonchev–Trinajstić information content (AvgIpc) is 2.59. The van der Waals surface area contributed by atoms with Crippen molar-refractivity contribution in [3.05, 3.63) is 24.2 Å². The molecule has 0 amide bonds. The second kappa shape index (κ2) is 2.44. The molecule has 1 aliphatic rings. The summed E-state index contributed by atoms with van der Waals surface area (Å²) in [6.45, 7) is 1.29. The van der Waals surface area contributed by atoms with Crippen LogP contribution in [-0.2, 0) is 9.47 Å². The van der Waals surface area contributed by atoms with Crippen molar-refractivity contribution >= 4 is 0 Å². The largest absolute Gasteiger partial charge is 0.452 e. The molecule has 1 fully saturated rings. The Morgan fingerprint density at radius 2 is 2.20 bits per heavy atom. The number of rotatable bonds is 1. The average molecular weight is 139 g/mol. The SMILES string of the molecule is [c]1ccc(C2OCCO2)o1. The fourth-order valence-corrected chi connectivity index (χ4v) is 0.902. The summed E-state index contributed by atoms with van der Waals surface area (Å²) in [6, 6.07) is 3.48. The Balaban J connectivity index is 2.12. The molecule has 0 saturated carbocycles. The first-order chi connectivity index (χ1) is 4.97. The summed E-state index contributed by atoms with van der Waals surface area (Å²) >= 11 is 0. The van der Waals surface area contributed by atoms with Gasteiger partial charge in [-0.25, -0.2) is 0 Å². The predicted molar refractivity (Wildman–Crippen MR) is 32.2 cm³/mol. The van der Waals surface area contributed by atoms with Gasteiger partial charge in [-0.15, -0.1) is 0 Å². The lowest BCUT2D eigenvalue weighted by Crippen LogP contribution is -1.94. The molecule has 0 unspecified atom stereocenters. The Bertz CT molecular complexity index is 187. The van der Waals surface area contributed by atoms with Crippen LogP contribution < -0.4 is 0 Å². The molecule has 1 aromatic heterocycles. The van der Waals surface area contributed by atoms with Crippen LogP contribution in [0, 0.1) is 6.26 Å². The minimum absolute atomic E-state index is 0.300. The van der Waals surface area contributed by atoms with Crippen molar-refractivity contribution in [1.29, 1.82) is 0 Å². The molecule has 0 N–H and O–H groups in total. The van der Waals surface area contributed by atoms with E-state index in [-0.39, 0.29) is 6.29 Å². The molecule has 0 atom stereocenters. The molecule has 2 heterocycles. The van der Waals surface area contributed by atoms with Gasteiger partial charge in [-0.2, -0.15) is 0 Å². The van der Waals surface area contributed by atoms with Crippen LogP contribution in [0.2, 0.25) is 0 Å². The lowest BCUT2D eigenvalue weighted by molar-refractivity contribution is -0.0590. The number of hydrogen-bond acceptors (Lipinski definition) is 3. The molecular formula is C7H7O3. The molecule has 3 heteroatoms. The van der Waals surface area contributed by atoms with Crippen LogP contribution in [0.1, 0.15) is 12.1 Å². The van der Waals surface area contributed by atoms with Gasteiger partial charge in [0.1, 0.15) is 0 Å². The summed E-state index contributed by atoms with van der Waals surface area (Å²) in [5.74, 6) is 0.692. The molecule has 10 heavy (non-hydrogen) atoms. The molecular weight excluding hydrogens is 132 g/mol. The van der Waals surface area contributed by atoms with Crippen molar-refractivity contribution in [3.63, 3.8) is 0 Å². The van der Waals surface area contributed by atoms with Crippen LogP contribution in [0.4, 0.5) is 0 Å². The monoisotopic (exact) mass is 139 g/mol. The molecule has 3 nitrogen and oxygen atoms in total. The summed E-state index contributed by atoms with van der Waals surface area (Å²) in [6.07, 6.45) is 2.27. The van der Waals surface area contributed by atoms with Gasteiger partial charge in [0, 0.05) is 0 Å². The summed E-state index contributed by atoms with van der Waals surface area (Å²) < 4.78 is 15.3. The maximum Gasteiger partial charge on any atom is 0.217 e. The first kappa shape index (κ1) is 5.95. The Labute approximate surface area is 58.5 Å². The standard InChI is InChI=1S/C7H7O3/c1-2-6(8-3-1)7-9-4-5-10-7/h1-2,7H,4-5H2. The van der Waals surface area contributed by atoms with Gasteiger partial charge in [0.15, 0.2) is 12.0 Å². The molecule has 1 aliphatic heterocycles. The minimum atomic E-state index is -0.300. The summed E-state index contributed by atoms with van der Waals surface area (Å²) in [7, 11) is 0. The molecule has 1 radical (unpaired) electrons. The van der Waals surface area contributed by atoms with Crippen molar-refractivity contribution < 1.29 is 13.9 Å². The fourth-order valence-electron chi connectivity index (χ4n) is 0.902. The molecule has 0 spiro atoms. The van der Waals surface area contributed by atoms with Gasteiger partial charge in [-0.05, 0) is 12.1 Å². The van der Waals surface area contributed by atoms with Crippen molar-refractivity contribution in [3.8, 4) is 0 Å². The van der Waals surface area contributed by atoms with Gasteiger partial charge in [0.2, 0.25) is 6.29 Å². The molecule has 0 bridgehead atoms. The van der Waals surface area contributed by atoms with Gasteiger partial charge in [-0.3, -0.25) is 0 Å². The fraction of sp³-hybridized carbons (Fsp3) is 0.429. The minimum Gasteiger partial charge on any atom is -0.452 e. The zero-order valence-corrected chi connectivity index (χ0v) is 5.37. The smallest absolute Gasteiger partial charge is 0.217 e. The van der Waals surface area contributed by atoms with Crippen LogP contribution >= 0.6 is 0 Å². The molecule has 0 aromatic carbocycles. The highest BCUT2D eigenvalue weighted by atomic mass is 16.7. The van der Waals surface area contributed by atoms with Crippen LogP contribution in [0.25, 0.3) is 0 Å². The Kier molecular flexibility index (Phi) is 1.45. The highest BCUT2D eigenvalue weighted by Crippen LogP contribution is 2.22. The highest BCUT2D eigenvalue weighted by molar-refractivity contribution is 4.99. The van der Waals surface area contributed by atoms with Crippen LogP contribution in [-0.4, -0.2) is 13.2 Å². The van der Waals surface area contributed by atoms with Gasteiger partial charge >= 0.3 is 0 Å². The first-order valence-electron chi connectivity index (χ1n) is 3.16. The van der Waals surface area contributed by atoms with Crippen LogP contribution in [0.3, 0.4) is 0 Å². The number of hydrogen-bond donors (Lipinski definition) is 0. The number of furan rings is 1. The Hall–Kier alpha value is -0.800. The van der Waals surface area contributed by atoms with Crippen molar-refractivity contribution in [2.45, 2.75) is 6.29 Å². The third-order valence-corrected chi connectivity index (χ3v) is 1.35. The van der Waals surface area contributed by atoms with E-state index in [4.69, 9.17) is 13.9 Å². The Morgan fingerprint density at radius 3 is 2.80 bits per heavy atom. The van der Waals surface area contributed by atoms with Crippen molar-refractivity contribution in [2.75, 3.05) is 13.2 Å². The molecule has 2 rings (SSSR count). The quantitative estimate of drug-likeness (QED) is 0.584. The van der Waals surface area contributed by atoms with E-state index in [1.54, 1.807) is 12.1 Å². The second-order valence-electron chi connectivity index (χ2n) is 2.03. The third kappa shape index (κ3) is 0.936. The Morgan fingerprint density at radius 1 is 1.40 bits per heavy atom. The third-order valence-electron chi connectivity index (χ3n) is 1.35. The maximum atomic E-state index is 5.16. The maximum absolute atomic E-state index is 5.16.